The molecule has 18 heteroatoms. The first-order chi connectivity index (χ1) is 16.7. The van der Waals surface area contributed by atoms with Crippen molar-refractivity contribution in [3.05, 3.63) is 63.2 Å². The number of nitro groups is 1. The van der Waals surface area contributed by atoms with Crippen LogP contribution in [0.4, 0.5) is 29.3 Å². The minimum absolute atomic E-state index is 0. The summed E-state index contributed by atoms with van der Waals surface area (Å²) in [4.78, 5) is 31.1. The molecule has 39 heavy (non-hydrogen) atoms. The molecule has 0 aliphatic heterocycles. The van der Waals surface area contributed by atoms with Crippen LogP contribution in [0.1, 0.15) is 18.4 Å². The van der Waals surface area contributed by atoms with Gasteiger partial charge in [0.1, 0.15) is 5.75 Å². The third kappa shape index (κ3) is 15.5. The quantitative estimate of drug-likeness (QED) is 0.0532. The summed E-state index contributed by atoms with van der Waals surface area (Å²) in [6.07, 6.45) is -3.44. The van der Waals surface area contributed by atoms with Crippen molar-refractivity contribution in [3.63, 3.8) is 0 Å². The average molecular weight is 647 g/mol. The van der Waals surface area contributed by atoms with E-state index in [0.717, 1.165) is 18.9 Å². The van der Waals surface area contributed by atoms with Crippen LogP contribution in [-0.2, 0) is 15.3 Å². The van der Waals surface area contributed by atoms with Crippen LogP contribution < -0.4 is 118 Å². The van der Waals surface area contributed by atoms with E-state index in [1.54, 1.807) is 0 Å². The van der Waals surface area contributed by atoms with E-state index in [0.29, 0.717) is 0 Å². The smallest absolute Gasteiger partial charge is 0.870 e. The van der Waals surface area contributed by atoms with E-state index in [-0.39, 0.29) is 143 Å². The summed E-state index contributed by atoms with van der Waals surface area (Å²) in [5.41, 5.74) is 0.441. The predicted octanol–water partition coefficient (Wildman–Crippen LogP) is -2.32. The van der Waals surface area contributed by atoms with Crippen molar-refractivity contribution in [2.75, 3.05) is 5.73 Å². The fraction of sp³-hybridized carbons (Fsp3) is 0.238. The van der Waals surface area contributed by atoms with Crippen LogP contribution in [0.5, 0.6) is 5.75 Å². The SMILES string of the molecule is Nc1ccc(Cl)cc1[C@@](O)(C#CC1CC1)C(F)(F)F.O=C(Cl)Oc1ccc([N+](=O)[O-])cc1.O=CO[O-].[K+].[K+].[OH-]. The fourth-order valence-electron chi connectivity index (χ4n) is 2.30. The molecule has 1 aliphatic rings. The minimum atomic E-state index is -4.95. The number of hydrogen-bond donors (Lipinski definition) is 2. The number of carbonyl (C=O) groups excluding carboxylic acids is 2. The monoisotopic (exact) mass is 646 g/mol. The van der Waals surface area contributed by atoms with Gasteiger partial charge in [0.05, 0.1) is 4.92 Å². The van der Waals surface area contributed by atoms with Crippen molar-refractivity contribution in [2.24, 2.45) is 5.92 Å². The van der Waals surface area contributed by atoms with E-state index in [1.807, 2.05) is 5.92 Å². The maximum atomic E-state index is 13.1. The Kier molecular flexibility index (Phi) is 22.7. The molecular weight excluding hydrogens is 630 g/mol. The van der Waals surface area contributed by atoms with Crippen molar-refractivity contribution >= 4 is 46.5 Å². The van der Waals surface area contributed by atoms with Crippen LogP contribution in [-0.4, -0.2) is 33.6 Å². The molecule has 0 amide bonds. The standard InChI is InChI=1S/C13H11ClF3NO.C7H4ClNO4.CH2O3.2K.H2O/c14-9-3-4-11(18)10(7-9)12(19,13(15,16)17)6-5-8-1-2-8;8-7(10)13-6-3-1-5(2-4-6)9(11)12;2-1-4-3;;;/h3-4,7-8,19H,1-2,18H2;1-4H;1,3H;;;1H2/q;;;2*+1;/p-2/t12-;;;;;/m0...../s1. The number of non-ortho nitro benzene ring substituents is 1. The van der Waals surface area contributed by atoms with Gasteiger partial charge in [-0.2, -0.15) is 13.2 Å². The molecule has 202 valence electrons. The Morgan fingerprint density at radius 1 is 1.18 bits per heavy atom. The zero-order valence-corrected chi connectivity index (χ0v) is 28.0. The molecule has 0 unspecified atom stereocenters. The number of nitrogen functional groups attached to an aromatic ring is 1. The number of aliphatic hydroxyl groups is 1. The maximum Gasteiger partial charge on any atom is 1.00 e. The van der Waals surface area contributed by atoms with Gasteiger partial charge in [-0.1, -0.05) is 23.4 Å². The molecule has 1 fully saturated rings. The molecule has 4 N–H and O–H groups in total. The molecule has 3 rings (SSSR count). The summed E-state index contributed by atoms with van der Waals surface area (Å²) in [5.74, 6) is 4.45. The molecule has 0 bridgehead atoms. The fourth-order valence-corrected chi connectivity index (χ4v) is 2.56. The van der Waals surface area contributed by atoms with Gasteiger partial charge in [0, 0.05) is 45.9 Å². The van der Waals surface area contributed by atoms with Gasteiger partial charge in [0.2, 0.25) is 5.60 Å². The number of benzene rings is 2. The molecule has 0 spiro atoms. The second kappa shape index (κ2) is 20.5. The van der Waals surface area contributed by atoms with Crippen LogP contribution in [0.25, 0.3) is 0 Å². The molecule has 1 aliphatic carbocycles. The van der Waals surface area contributed by atoms with Gasteiger partial charge in [-0.3, -0.25) is 14.9 Å². The number of carbonyl (C=O) groups is 2. The number of nitrogens with two attached hydrogens (primary N) is 1. The first kappa shape index (κ1) is 43.1. The van der Waals surface area contributed by atoms with E-state index in [9.17, 15) is 33.2 Å². The molecule has 0 saturated heterocycles. The summed E-state index contributed by atoms with van der Waals surface area (Å²) in [5, 5.41) is 28.7. The Morgan fingerprint density at radius 2 is 1.69 bits per heavy atom. The molecule has 0 aromatic heterocycles. The number of alkyl halides is 3. The number of ether oxygens (including phenoxy) is 1. The molecule has 2 aromatic carbocycles. The zero-order valence-electron chi connectivity index (χ0n) is 20.3. The zero-order chi connectivity index (χ0) is 27.5. The molecule has 11 nitrogen and oxygen atoms in total. The summed E-state index contributed by atoms with van der Waals surface area (Å²) in [7, 11) is 0. The largest absolute Gasteiger partial charge is 1.00 e. The number of hydrogen-bond acceptors (Lipinski definition) is 10. The van der Waals surface area contributed by atoms with Crippen molar-refractivity contribution in [2.45, 2.75) is 24.6 Å². The normalized spacial score (nSPS) is 12.6. The first-order valence-corrected chi connectivity index (χ1v) is 10.2. The van der Waals surface area contributed by atoms with Crippen molar-refractivity contribution in [1.82, 2.24) is 0 Å². The van der Waals surface area contributed by atoms with Gasteiger partial charge in [0.25, 0.3) is 12.2 Å². The second-order valence-corrected chi connectivity index (χ2v) is 7.51. The Bertz CT molecular complexity index is 1150. The minimum Gasteiger partial charge on any atom is -0.870 e. The van der Waals surface area contributed by atoms with E-state index < -0.39 is 27.7 Å². The second-order valence-electron chi connectivity index (χ2n) is 6.77. The Labute approximate surface area is 314 Å². The number of rotatable bonds is 4. The Hall–Kier alpha value is -0.337. The Balaban J connectivity index is -0.000000571. The topological polar surface area (TPSA) is 195 Å². The van der Waals surface area contributed by atoms with Gasteiger partial charge in [0.15, 0.2) is 0 Å². The van der Waals surface area contributed by atoms with E-state index in [1.165, 1.54) is 36.4 Å². The summed E-state index contributed by atoms with van der Waals surface area (Å²) in [6, 6.07) is 8.58. The molecule has 0 heterocycles. The summed E-state index contributed by atoms with van der Waals surface area (Å²) < 4.78 is 43.8. The van der Waals surface area contributed by atoms with Gasteiger partial charge in [-0.05, 0) is 43.2 Å². The number of nitro benzene ring substituents is 1. The van der Waals surface area contributed by atoms with Crippen LogP contribution in [0, 0.1) is 27.9 Å². The van der Waals surface area contributed by atoms with Gasteiger partial charge < -0.3 is 31.2 Å². The molecule has 0 radical (unpaired) electrons. The maximum absolute atomic E-state index is 13.1. The number of anilines is 1. The van der Waals surface area contributed by atoms with Crippen molar-refractivity contribution < 1.29 is 156 Å². The van der Waals surface area contributed by atoms with Gasteiger partial charge in [-0.25, -0.2) is 4.79 Å². The van der Waals surface area contributed by atoms with E-state index >= 15 is 0 Å². The Morgan fingerprint density at radius 3 is 2.08 bits per heavy atom. The molecule has 2 aromatic rings. The van der Waals surface area contributed by atoms with Crippen LogP contribution in [0.3, 0.4) is 0 Å². The molecular formula is C21H17Cl2F3K2N2O9. The van der Waals surface area contributed by atoms with E-state index in [2.05, 4.69) is 15.5 Å². The van der Waals surface area contributed by atoms with Gasteiger partial charge in [-0.15, -0.1) is 0 Å². The number of halogens is 5. The van der Waals surface area contributed by atoms with Gasteiger partial charge >= 0.3 is 114 Å². The molecule has 1 saturated carbocycles. The van der Waals surface area contributed by atoms with Crippen LogP contribution >= 0.6 is 23.2 Å². The number of nitrogens with zero attached hydrogens (tertiary/aromatic N) is 1. The average Bonchev–Trinajstić information content (AvgIpc) is 3.63. The summed E-state index contributed by atoms with van der Waals surface area (Å²) in [6.45, 7) is -0.181. The van der Waals surface area contributed by atoms with Crippen LogP contribution in [0.2, 0.25) is 5.02 Å². The summed E-state index contributed by atoms with van der Waals surface area (Å²) >= 11 is 10.6. The first-order valence-electron chi connectivity index (χ1n) is 9.46. The third-order valence-corrected chi connectivity index (χ3v) is 4.45. The van der Waals surface area contributed by atoms with Crippen molar-refractivity contribution in [3.8, 4) is 17.6 Å². The molecule has 1 atom stereocenters. The predicted molar refractivity (Wildman–Crippen MR) is 120 cm³/mol. The van der Waals surface area contributed by atoms with Crippen molar-refractivity contribution in [1.29, 1.82) is 0 Å². The van der Waals surface area contributed by atoms with E-state index in [4.69, 9.17) is 39.0 Å². The van der Waals surface area contributed by atoms with Crippen LogP contribution in [0.15, 0.2) is 42.5 Å². The third-order valence-electron chi connectivity index (χ3n) is 4.13.